The van der Waals surface area contributed by atoms with Gasteiger partial charge in [0.2, 0.25) is 0 Å². The third kappa shape index (κ3) is 3.88. The second-order valence-electron chi connectivity index (χ2n) is 8.53. The molecule has 2 aliphatic rings. The Labute approximate surface area is 187 Å². The van der Waals surface area contributed by atoms with Crippen molar-refractivity contribution in [3.63, 3.8) is 0 Å². The summed E-state index contributed by atoms with van der Waals surface area (Å²) in [7, 11) is -10.3. The highest BCUT2D eigenvalue weighted by atomic mass is 35.5. The Bertz CT molecular complexity index is 1220. The number of benzene rings is 1. The summed E-state index contributed by atoms with van der Waals surface area (Å²) in [6, 6.07) is 2.16. The van der Waals surface area contributed by atoms with Crippen LogP contribution in [0, 0.1) is 11.6 Å². The molecule has 1 aromatic rings. The van der Waals surface area contributed by atoms with E-state index in [1.165, 1.54) is 29.9 Å². The summed E-state index contributed by atoms with van der Waals surface area (Å²) in [5.41, 5.74) is -8.07. The van der Waals surface area contributed by atoms with Crippen LogP contribution in [0.2, 0.25) is 0 Å². The monoisotopic (exact) mass is 519 g/mol. The molecule has 32 heavy (non-hydrogen) atoms. The summed E-state index contributed by atoms with van der Waals surface area (Å²) in [6.45, 7) is 2.41. The molecule has 1 N–H and O–H groups in total. The smallest absolute Gasteiger partial charge is 0.227 e. The quantitative estimate of drug-likeness (QED) is 0.584. The number of hydrogen-bond donors (Lipinski definition) is 1. The van der Waals surface area contributed by atoms with E-state index in [0.717, 1.165) is 13.0 Å². The Kier molecular flexibility index (Phi) is 5.89. The molecule has 1 saturated carbocycles. The van der Waals surface area contributed by atoms with Crippen molar-refractivity contribution in [2.24, 2.45) is 0 Å². The second-order valence-corrected chi connectivity index (χ2v) is 13.4. The van der Waals surface area contributed by atoms with Crippen molar-refractivity contribution >= 4 is 31.5 Å². The molecule has 3 rings (SSSR count). The molecule has 2 aliphatic carbocycles. The predicted molar refractivity (Wildman–Crippen MR) is 109 cm³/mol. The van der Waals surface area contributed by atoms with Crippen LogP contribution in [-0.2, 0) is 24.6 Å². The average molecular weight is 520 g/mol. The van der Waals surface area contributed by atoms with Gasteiger partial charge in [-0.15, -0.1) is 0 Å². The number of hydrogen-bond acceptors (Lipinski definition) is 4. The highest BCUT2D eigenvalue weighted by Crippen LogP contribution is 2.58. The first-order valence-electron chi connectivity index (χ1n) is 9.23. The molecule has 1 unspecified atom stereocenters. The zero-order chi connectivity index (χ0) is 24.4. The van der Waals surface area contributed by atoms with Crippen LogP contribution < -0.4 is 4.72 Å². The van der Waals surface area contributed by atoms with Crippen LogP contribution in [0.3, 0.4) is 0 Å². The molecule has 0 bridgehead atoms. The first-order valence-corrected chi connectivity index (χ1v) is 12.6. The van der Waals surface area contributed by atoms with E-state index in [1.807, 2.05) is 0 Å². The van der Waals surface area contributed by atoms with Gasteiger partial charge in [-0.1, -0.05) is 23.8 Å². The molecule has 0 aromatic heterocycles. The lowest BCUT2D eigenvalue weighted by Crippen LogP contribution is -2.68. The Morgan fingerprint density at radius 2 is 1.66 bits per heavy atom. The minimum atomic E-state index is -5.81. The van der Waals surface area contributed by atoms with E-state index in [1.54, 1.807) is 0 Å². The predicted octanol–water partition coefficient (Wildman–Crippen LogP) is 4.41. The number of rotatable bonds is 5. The summed E-state index contributed by atoms with van der Waals surface area (Å²) in [4.78, 5) is 0. The Morgan fingerprint density at radius 3 is 2.16 bits per heavy atom. The van der Waals surface area contributed by atoms with Crippen LogP contribution in [0.25, 0.3) is 0 Å². The van der Waals surface area contributed by atoms with Crippen LogP contribution >= 0.6 is 11.6 Å². The molecule has 0 aliphatic heterocycles. The fraction of sp³-hybridized carbons (Fsp3) is 0.474. The van der Waals surface area contributed by atoms with Crippen molar-refractivity contribution in [3.05, 3.63) is 58.7 Å². The molecule has 5 nitrogen and oxygen atoms in total. The zero-order valence-electron chi connectivity index (χ0n) is 16.8. The van der Waals surface area contributed by atoms with Gasteiger partial charge in [0.1, 0.15) is 16.4 Å². The molecule has 0 radical (unpaired) electrons. The van der Waals surface area contributed by atoms with E-state index >= 15 is 0 Å². The first-order chi connectivity index (χ1) is 14.4. The average Bonchev–Trinajstić information content (AvgIpc) is 2.62. The molecule has 178 valence electrons. The van der Waals surface area contributed by atoms with Crippen LogP contribution in [0.15, 0.2) is 41.5 Å². The maximum Gasteiger partial charge on any atom is 0.511 e. The summed E-state index contributed by atoms with van der Waals surface area (Å²) < 4.78 is 116. The molecule has 1 atom stereocenters. The lowest BCUT2D eigenvalue weighted by molar-refractivity contribution is -0.0466. The van der Waals surface area contributed by atoms with Gasteiger partial charge >= 0.3 is 15.5 Å². The van der Waals surface area contributed by atoms with E-state index in [2.05, 4.69) is 0 Å². The molecular weight excluding hydrogens is 501 g/mol. The summed E-state index contributed by atoms with van der Waals surface area (Å²) in [5.74, 6) is -2.03. The van der Waals surface area contributed by atoms with Crippen molar-refractivity contribution in [2.45, 2.75) is 53.7 Å². The first kappa shape index (κ1) is 25.1. The molecule has 1 aromatic carbocycles. The lowest BCUT2D eigenvalue weighted by atomic mass is 9.66. The summed E-state index contributed by atoms with van der Waals surface area (Å²) >= 11 is 5.87. The highest BCUT2D eigenvalue weighted by Gasteiger charge is 2.67. The number of sulfone groups is 1. The number of alkyl halides is 3. The van der Waals surface area contributed by atoms with Crippen LogP contribution in [0.1, 0.15) is 38.7 Å². The third-order valence-electron chi connectivity index (χ3n) is 5.88. The SMILES string of the molecule is CC1(NS(=O)(=O)C(F)(F)F)CC(c2cc(F)ccc2F)(S(=O)(=O)C2(C)C=CC(Cl)=CC2)C1. The van der Waals surface area contributed by atoms with Crippen molar-refractivity contribution in [3.8, 4) is 0 Å². The van der Waals surface area contributed by atoms with Crippen molar-refractivity contribution in [2.75, 3.05) is 0 Å². The van der Waals surface area contributed by atoms with E-state index < -0.39 is 70.4 Å². The van der Waals surface area contributed by atoms with Gasteiger partial charge in [-0.25, -0.2) is 30.3 Å². The molecule has 0 spiro atoms. The Balaban J connectivity index is 2.13. The van der Waals surface area contributed by atoms with Gasteiger partial charge in [-0.05, 0) is 57.4 Å². The van der Waals surface area contributed by atoms with Gasteiger partial charge < -0.3 is 0 Å². The van der Waals surface area contributed by atoms with Gasteiger partial charge in [-0.3, -0.25) is 0 Å². The molecular formula is C19H19ClF5NO4S2. The van der Waals surface area contributed by atoms with Gasteiger partial charge in [0.15, 0.2) is 9.84 Å². The lowest BCUT2D eigenvalue weighted by Gasteiger charge is -2.56. The maximum atomic E-state index is 14.7. The Morgan fingerprint density at radius 1 is 1.06 bits per heavy atom. The maximum absolute atomic E-state index is 14.7. The second kappa shape index (κ2) is 7.51. The summed E-state index contributed by atoms with van der Waals surface area (Å²) in [5, 5.41) is 0.264. The Hall–Kier alpha value is -1.50. The van der Waals surface area contributed by atoms with Gasteiger partial charge in [0.25, 0.3) is 0 Å². The van der Waals surface area contributed by atoms with Gasteiger partial charge in [-0.2, -0.15) is 13.2 Å². The summed E-state index contributed by atoms with van der Waals surface area (Å²) in [6.07, 6.45) is 2.42. The van der Waals surface area contributed by atoms with Crippen molar-refractivity contribution in [1.29, 1.82) is 0 Å². The molecule has 0 amide bonds. The fourth-order valence-corrected chi connectivity index (χ4v) is 8.33. The van der Waals surface area contributed by atoms with Crippen molar-refractivity contribution in [1.82, 2.24) is 4.72 Å². The zero-order valence-corrected chi connectivity index (χ0v) is 19.2. The van der Waals surface area contributed by atoms with E-state index in [9.17, 15) is 38.8 Å². The molecule has 1 fully saturated rings. The van der Waals surface area contributed by atoms with Gasteiger partial charge in [0.05, 0.1) is 4.75 Å². The molecule has 0 heterocycles. The van der Waals surface area contributed by atoms with Gasteiger partial charge in [0, 0.05) is 16.1 Å². The van der Waals surface area contributed by atoms with Crippen LogP contribution in [0.5, 0.6) is 0 Å². The number of nitrogens with one attached hydrogen (secondary N) is 1. The normalized spacial score (nSPS) is 31.2. The van der Waals surface area contributed by atoms with E-state index in [0.29, 0.717) is 12.1 Å². The van der Waals surface area contributed by atoms with Crippen molar-refractivity contribution < 1.29 is 38.8 Å². The molecule has 0 saturated heterocycles. The number of halogens is 6. The third-order valence-corrected chi connectivity index (χ3v) is 10.6. The van der Waals surface area contributed by atoms with Crippen LogP contribution in [0.4, 0.5) is 22.0 Å². The van der Waals surface area contributed by atoms with E-state index in [-0.39, 0.29) is 11.5 Å². The fourth-order valence-electron chi connectivity index (χ4n) is 4.37. The number of sulfonamides is 1. The largest absolute Gasteiger partial charge is 0.511 e. The minimum Gasteiger partial charge on any atom is -0.227 e. The van der Waals surface area contributed by atoms with Crippen LogP contribution in [-0.4, -0.2) is 32.6 Å². The highest BCUT2D eigenvalue weighted by molar-refractivity contribution is 7.94. The minimum absolute atomic E-state index is 0.117. The number of allylic oxidation sites excluding steroid dienone is 3. The molecule has 13 heteroatoms. The topological polar surface area (TPSA) is 80.3 Å². The van der Waals surface area contributed by atoms with E-state index in [4.69, 9.17) is 11.6 Å². The standard InChI is InChI=1S/C19H19ClF5NO4S2/c1-16(26-32(29,30)19(23,24)25)10-18(11-16,14-9-13(21)3-4-15(14)22)31(27,28)17(2)7-5-12(20)6-8-17/h3-7,9,26H,8,10-11H2,1-2H3.